The molecule has 9 nitrogen and oxygen atoms in total. The Labute approximate surface area is 156 Å². The Morgan fingerprint density at radius 1 is 1.11 bits per heavy atom. The molecular weight excluding hydrogens is 346 g/mol. The van der Waals surface area contributed by atoms with E-state index in [1.54, 1.807) is 47.8 Å². The number of rotatable bonds is 4. The maximum Gasteiger partial charge on any atom is 0.272 e. The van der Waals surface area contributed by atoms with Crippen molar-refractivity contribution in [1.29, 1.82) is 0 Å². The SMILES string of the molecule is Cc1cc(Nc2ccc(C(=O)N3CCN(c4ncccn4)CC3)nc2)no1. The van der Waals surface area contributed by atoms with Gasteiger partial charge in [0.05, 0.1) is 11.9 Å². The number of piperazine rings is 1. The molecule has 1 fully saturated rings. The Balaban J connectivity index is 1.36. The van der Waals surface area contributed by atoms with Gasteiger partial charge < -0.3 is 19.6 Å². The average molecular weight is 365 g/mol. The summed E-state index contributed by atoms with van der Waals surface area (Å²) < 4.78 is 5.01. The molecule has 1 saturated heterocycles. The fourth-order valence-corrected chi connectivity index (χ4v) is 2.89. The predicted molar refractivity (Wildman–Crippen MR) is 98.9 cm³/mol. The number of nitrogens with one attached hydrogen (secondary N) is 1. The van der Waals surface area contributed by atoms with E-state index >= 15 is 0 Å². The Morgan fingerprint density at radius 3 is 2.52 bits per heavy atom. The van der Waals surface area contributed by atoms with Crippen LogP contribution < -0.4 is 10.2 Å². The summed E-state index contributed by atoms with van der Waals surface area (Å²) in [4.78, 5) is 29.4. The zero-order valence-corrected chi connectivity index (χ0v) is 14.9. The molecule has 1 N–H and O–H groups in total. The smallest absolute Gasteiger partial charge is 0.272 e. The second-order valence-electron chi connectivity index (χ2n) is 6.21. The van der Waals surface area contributed by atoms with Gasteiger partial charge in [-0.3, -0.25) is 4.79 Å². The summed E-state index contributed by atoms with van der Waals surface area (Å²) in [6, 6.07) is 7.09. The van der Waals surface area contributed by atoms with Crippen LogP contribution in [0.5, 0.6) is 0 Å². The molecule has 0 spiro atoms. The van der Waals surface area contributed by atoms with Gasteiger partial charge in [-0.15, -0.1) is 0 Å². The van der Waals surface area contributed by atoms with E-state index in [9.17, 15) is 4.79 Å². The van der Waals surface area contributed by atoms with Crippen molar-refractivity contribution in [3.63, 3.8) is 0 Å². The normalized spacial score (nSPS) is 14.3. The number of anilines is 3. The van der Waals surface area contributed by atoms with Gasteiger partial charge in [0, 0.05) is 44.6 Å². The minimum atomic E-state index is -0.0764. The zero-order chi connectivity index (χ0) is 18.6. The van der Waals surface area contributed by atoms with Crippen molar-refractivity contribution in [3.05, 3.63) is 54.3 Å². The van der Waals surface area contributed by atoms with Crippen molar-refractivity contribution in [2.45, 2.75) is 6.92 Å². The molecule has 0 unspecified atom stereocenters. The zero-order valence-electron chi connectivity index (χ0n) is 14.9. The molecule has 138 valence electrons. The average Bonchev–Trinajstić information content (AvgIpc) is 3.13. The molecular formula is C18H19N7O2. The number of carbonyl (C=O) groups is 1. The van der Waals surface area contributed by atoms with Gasteiger partial charge in [0.15, 0.2) is 5.82 Å². The van der Waals surface area contributed by atoms with Crippen LogP contribution in [0.4, 0.5) is 17.5 Å². The third-order valence-corrected chi connectivity index (χ3v) is 4.28. The van der Waals surface area contributed by atoms with Crippen LogP contribution in [0.2, 0.25) is 0 Å². The van der Waals surface area contributed by atoms with Gasteiger partial charge in [-0.1, -0.05) is 5.16 Å². The van der Waals surface area contributed by atoms with Crippen LogP contribution in [-0.2, 0) is 0 Å². The lowest BCUT2D eigenvalue weighted by Gasteiger charge is -2.34. The van der Waals surface area contributed by atoms with Crippen molar-refractivity contribution >= 4 is 23.4 Å². The van der Waals surface area contributed by atoms with Crippen molar-refractivity contribution < 1.29 is 9.32 Å². The van der Waals surface area contributed by atoms with Crippen molar-refractivity contribution in [2.75, 3.05) is 36.4 Å². The summed E-state index contributed by atoms with van der Waals surface area (Å²) in [6.07, 6.45) is 5.06. The number of hydrogen-bond donors (Lipinski definition) is 1. The molecule has 0 saturated carbocycles. The maximum absolute atomic E-state index is 12.7. The quantitative estimate of drug-likeness (QED) is 0.748. The molecule has 0 atom stereocenters. The lowest BCUT2D eigenvalue weighted by molar-refractivity contribution is 0.0740. The molecule has 1 amide bonds. The highest BCUT2D eigenvalue weighted by Gasteiger charge is 2.24. The number of aryl methyl sites for hydroxylation is 1. The standard InChI is InChI=1S/C18H19N7O2/c1-13-11-16(23-27-13)22-14-3-4-15(21-12-14)17(26)24-7-9-25(10-8-24)18-19-5-2-6-20-18/h2-6,11-12H,7-10H2,1H3,(H,22,23). The van der Waals surface area contributed by atoms with Gasteiger partial charge in [-0.25, -0.2) is 15.0 Å². The summed E-state index contributed by atoms with van der Waals surface area (Å²) in [6.45, 7) is 4.43. The van der Waals surface area contributed by atoms with E-state index in [2.05, 4.69) is 30.3 Å². The van der Waals surface area contributed by atoms with Crippen molar-refractivity contribution in [2.24, 2.45) is 0 Å². The summed E-state index contributed by atoms with van der Waals surface area (Å²) in [5.74, 6) is 1.94. The number of pyridine rings is 1. The highest BCUT2D eigenvalue weighted by molar-refractivity contribution is 5.92. The van der Waals surface area contributed by atoms with E-state index < -0.39 is 0 Å². The molecule has 0 aliphatic carbocycles. The number of hydrogen-bond acceptors (Lipinski definition) is 8. The number of aromatic nitrogens is 4. The van der Waals surface area contributed by atoms with Crippen LogP contribution >= 0.6 is 0 Å². The highest BCUT2D eigenvalue weighted by Crippen LogP contribution is 2.17. The third kappa shape index (κ3) is 3.86. The molecule has 0 bridgehead atoms. The fraction of sp³-hybridized carbons (Fsp3) is 0.278. The Hall–Kier alpha value is -3.49. The Bertz CT molecular complexity index is 903. The van der Waals surface area contributed by atoms with Crippen LogP contribution in [-0.4, -0.2) is 57.1 Å². The van der Waals surface area contributed by atoms with Crippen LogP contribution in [0.15, 0.2) is 47.4 Å². The van der Waals surface area contributed by atoms with Gasteiger partial charge in [0.25, 0.3) is 5.91 Å². The van der Waals surface area contributed by atoms with E-state index in [-0.39, 0.29) is 5.91 Å². The predicted octanol–water partition coefficient (Wildman–Crippen LogP) is 1.87. The second kappa shape index (κ2) is 7.40. The first-order chi connectivity index (χ1) is 13.2. The van der Waals surface area contributed by atoms with Gasteiger partial charge >= 0.3 is 0 Å². The Kier molecular flexibility index (Phi) is 4.65. The molecule has 3 aromatic heterocycles. The summed E-state index contributed by atoms with van der Waals surface area (Å²) in [5, 5.41) is 6.95. The van der Waals surface area contributed by atoms with Crippen LogP contribution in [0.1, 0.15) is 16.2 Å². The molecule has 27 heavy (non-hydrogen) atoms. The maximum atomic E-state index is 12.7. The van der Waals surface area contributed by atoms with Crippen LogP contribution in [0.25, 0.3) is 0 Å². The van der Waals surface area contributed by atoms with Gasteiger partial charge in [0.1, 0.15) is 11.5 Å². The molecule has 4 heterocycles. The van der Waals surface area contributed by atoms with E-state index in [1.807, 2.05) is 6.92 Å². The monoisotopic (exact) mass is 365 g/mol. The summed E-state index contributed by atoms with van der Waals surface area (Å²) in [7, 11) is 0. The van der Waals surface area contributed by atoms with Crippen LogP contribution in [0, 0.1) is 6.92 Å². The summed E-state index contributed by atoms with van der Waals surface area (Å²) in [5.41, 5.74) is 1.16. The topological polar surface area (TPSA) is 100 Å². The Morgan fingerprint density at radius 2 is 1.89 bits per heavy atom. The molecule has 1 aliphatic rings. The molecule has 0 radical (unpaired) electrons. The van der Waals surface area contributed by atoms with Crippen molar-refractivity contribution in [3.8, 4) is 0 Å². The first-order valence-corrected chi connectivity index (χ1v) is 8.67. The number of amides is 1. The summed E-state index contributed by atoms with van der Waals surface area (Å²) >= 11 is 0. The molecule has 3 aromatic rings. The minimum absolute atomic E-state index is 0.0764. The lowest BCUT2D eigenvalue weighted by Crippen LogP contribution is -2.49. The van der Waals surface area contributed by atoms with E-state index in [0.29, 0.717) is 43.6 Å². The third-order valence-electron chi connectivity index (χ3n) is 4.28. The van der Waals surface area contributed by atoms with E-state index in [0.717, 1.165) is 11.4 Å². The fourth-order valence-electron chi connectivity index (χ4n) is 2.89. The van der Waals surface area contributed by atoms with Gasteiger partial charge in [0.2, 0.25) is 5.95 Å². The van der Waals surface area contributed by atoms with Crippen molar-refractivity contribution in [1.82, 2.24) is 25.0 Å². The molecule has 9 heteroatoms. The van der Waals surface area contributed by atoms with Gasteiger partial charge in [-0.2, -0.15) is 0 Å². The minimum Gasteiger partial charge on any atom is -0.360 e. The molecule has 4 rings (SSSR count). The van der Waals surface area contributed by atoms with E-state index in [4.69, 9.17) is 4.52 Å². The number of nitrogens with zero attached hydrogens (tertiary/aromatic N) is 6. The first-order valence-electron chi connectivity index (χ1n) is 8.67. The molecule has 0 aromatic carbocycles. The van der Waals surface area contributed by atoms with Gasteiger partial charge in [-0.05, 0) is 25.1 Å². The second-order valence-corrected chi connectivity index (χ2v) is 6.21. The largest absolute Gasteiger partial charge is 0.360 e. The van der Waals surface area contributed by atoms with Crippen LogP contribution in [0.3, 0.4) is 0 Å². The number of carbonyl (C=O) groups excluding carboxylic acids is 1. The highest BCUT2D eigenvalue weighted by atomic mass is 16.5. The van der Waals surface area contributed by atoms with E-state index in [1.165, 1.54) is 0 Å². The lowest BCUT2D eigenvalue weighted by atomic mass is 10.2. The molecule has 1 aliphatic heterocycles. The first kappa shape index (κ1) is 17.0.